The summed E-state index contributed by atoms with van der Waals surface area (Å²) in [6, 6.07) is 18.7. The maximum Gasteiger partial charge on any atom is 0.0619 e. The molecule has 2 atom stereocenters. The fourth-order valence-corrected chi connectivity index (χ4v) is 4.45. The van der Waals surface area contributed by atoms with Crippen LogP contribution >= 0.6 is 0 Å². The first-order valence-corrected chi connectivity index (χ1v) is 11.5. The number of aryl methyl sites for hydroxylation is 1. The number of aromatic nitrogens is 1. The van der Waals surface area contributed by atoms with E-state index in [9.17, 15) is 0 Å². The highest BCUT2D eigenvalue weighted by atomic mass is 16.5. The molecule has 0 aliphatic carbocycles. The lowest BCUT2D eigenvalue weighted by molar-refractivity contribution is -0.00436. The van der Waals surface area contributed by atoms with Crippen molar-refractivity contribution in [3.05, 3.63) is 59.8 Å². The van der Waals surface area contributed by atoms with Gasteiger partial charge in [-0.2, -0.15) is 0 Å². The van der Waals surface area contributed by atoms with Crippen molar-refractivity contribution in [2.24, 2.45) is 0 Å². The lowest BCUT2D eigenvalue weighted by atomic mass is 10.0. The van der Waals surface area contributed by atoms with E-state index in [1.54, 1.807) is 0 Å². The maximum atomic E-state index is 8.50. The number of morpholine rings is 1. The van der Waals surface area contributed by atoms with Gasteiger partial charge >= 0.3 is 0 Å². The van der Waals surface area contributed by atoms with Crippen molar-refractivity contribution in [2.45, 2.75) is 45.3 Å². The van der Waals surface area contributed by atoms with Gasteiger partial charge in [-0.1, -0.05) is 24.3 Å². The summed E-state index contributed by atoms with van der Waals surface area (Å²) >= 11 is 0. The number of aliphatic hydroxyl groups is 1. The molecule has 0 saturated carbocycles. The summed E-state index contributed by atoms with van der Waals surface area (Å²) in [6.45, 7) is 9.42. The zero-order valence-corrected chi connectivity index (χ0v) is 18.7. The van der Waals surface area contributed by atoms with Gasteiger partial charge in [-0.15, -0.1) is 0 Å². The number of ether oxygens (including phenoxy) is 1. The average molecular weight is 422 g/mol. The van der Waals surface area contributed by atoms with E-state index in [0.29, 0.717) is 18.7 Å². The van der Waals surface area contributed by atoms with Crippen molar-refractivity contribution in [3.8, 4) is 11.1 Å². The standard InChI is InChI=1S/C21H24N2O.C5H11NO/c1-15-10-20-12-19(6-7-21(20)22-15)18-5-3-4-17(11-18)13-23-8-9-24-14-16(23)2;7-4-5-2-1-3-6-5/h3-7,10-12,16,22H,8-9,13-14H2,1-2H3;5-7H,1-4H2. The van der Waals surface area contributed by atoms with E-state index in [1.165, 1.54) is 39.7 Å². The lowest BCUT2D eigenvalue weighted by Crippen LogP contribution is -2.42. The predicted octanol–water partition coefficient (Wildman–Crippen LogP) is 4.09. The molecule has 166 valence electrons. The summed E-state index contributed by atoms with van der Waals surface area (Å²) in [5, 5.41) is 12.9. The quantitative estimate of drug-likeness (QED) is 0.594. The molecule has 0 bridgehead atoms. The van der Waals surface area contributed by atoms with E-state index in [-0.39, 0.29) is 0 Å². The number of fused-ring (bicyclic) bond motifs is 1. The van der Waals surface area contributed by atoms with Crippen molar-refractivity contribution in [1.29, 1.82) is 0 Å². The van der Waals surface area contributed by atoms with E-state index in [4.69, 9.17) is 9.84 Å². The highest BCUT2D eigenvalue weighted by molar-refractivity contribution is 5.85. The smallest absolute Gasteiger partial charge is 0.0619 e. The topological polar surface area (TPSA) is 60.5 Å². The first kappa shape index (κ1) is 22.0. The zero-order chi connectivity index (χ0) is 21.6. The molecule has 3 heterocycles. The molecule has 3 aromatic rings. The van der Waals surface area contributed by atoms with Gasteiger partial charge in [0.25, 0.3) is 0 Å². The Labute approximate surface area is 185 Å². The molecule has 2 unspecified atom stereocenters. The third kappa shape index (κ3) is 5.74. The number of hydrogen-bond acceptors (Lipinski definition) is 4. The Morgan fingerprint density at radius 1 is 1.13 bits per heavy atom. The molecule has 5 rings (SSSR count). The molecule has 2 saturated heterocycles. The highest BCUT2D eigenvalue weighted by Crippen LogP contribution is 2.26. The Morgan fingerprint density at radius 3 is 2.74 bits per heavy atom. The molecule has 1 aromatic heterocycles. The molecule has 31 heavy (non-hydrogen) atoms. The molecule has 5 nitrogen and oxygen atoms in total. The number of aliphatic hydroxyl groups excluding tert-OH is 1. The van der Waals surface area contributed by atoms with Crippen LogP contribution in [-0.4, -0.2) is 60.0 Å². The van der Waals surface area contributed by atoms with Crippen LogP contribution in [0.25, 0.3) is 22.0 Å². The van der Waals surface area contributed by atoms with Crippen LogP contribution in [-0.2, 0) is 11.3 Å². The van der Waals surface area contributed by atoms with Crippen LogP contribution in [0.15, 0.2) is 48.5 Å². The minimum Gasteiger partial charge on any atom is -0.395 e. The molecular formula is C26H35N3O2. The maximum absolute atomic E-state index is 8.50. The fraction of sp³-hybridized carbons (Fsp3) is 0.462. The molecule has 0 spiro atoms. The van der Waals surface area contributed by atoms with E-state index < -0.39 is 0 Å². The van der Waals surface area contributed by atoms with Gasteiger partial charge in [0.05, 0.1) is 19.8 Å². The largest absolute Gasteiger partial charge is 0.395 e. The molecule has 5 heteroatoms. The van der Waals surface area contributed by atoms with Crippen molar-refractivity contribution in [3.63, 3.8) is 0 Å². The van der Waals surface area contributed by atoms with Crippen LogP contribution in [0.4, 0.5) is 0 Å². The van der Waals surface area contributed by atoms with Crippen LogP contribution in [0.2, 0.25) is 0 Å². The highest BCUT2D eigenvalue weighted by Gasteiger charge is 2.18. The minimum absolute atomic E-state index is 0.306. The van der Waals surface area contributed by atoms with E-state index in [0.717, 1.165) is 39.3 Å². The third-order valence-electron chi connectivity index (χ3n) is 6.29. The van der Waals surface area contributed by atoms with Crippen LogP contribution in [0.1, 0.15) is 31.0 Å². The Hall–Kier alpha value is -2.18. The van der Waals surface area contributed by atoms with Crippen LogP contribution in [0, 0.1) is 6.92 Å². The van der Waals surface area contributed by atoms with E-state index in [2.05, 4.69) is 77.6 Å². The summed E-state index contributed by atoms with van der Waals surface area (Å²) in [5.74, 6) is 0. The Bertz CT molecular complexity index is 978. The minimum atomic E-state index is 0.306. The fourth-order valence-electron chi connectivity index (χ4n) is 4.45. The number of H-pyrrole nitrogens is 1. The van der Waals surface area contributed by atoms with Crippen LogP contribution in [0.3, 0.4) is 0 Å². The molecule has 2 fully saturated rings. The van der Waals surface area contributed by atoms with Crippen molar-refractivity contribution in [2.75, 3.05) is 32.9 Å². The van der Waals surface area contributed by atoms with Crippen LogP contribution < -0.4 is 5.32 Å². The first-order valence-electron chi connectivity index (χ1n) is 11.5. The molecule has 0 radical (unpaired) electrons. The van der Waals surface area contributed by atoms with E-state index >= 15 is 0 Å². The van der Waals surface area contributed by atoms with Gasteiger partial charge in [0.1, 0.15) is 0 Å². The number of aromatic amines is 1. The van der Waals surface area contributed by atoms with Gasteiger partial charge in [0.2, 0.25) is 0 Å². The van der Waals surface area contributed by atoms with Gasteiger partial charge in [0, 0.05) is 41.8 Å². The molecule has 2 aromatic carbocycles. The Morgan fingerprint density at radius 2 is 2.00 bits per heavy atom. The average Bonchev–Trinajstić information content (AvgIpc) is 3.44. The summed E-state index contributed by atoms with van der Waals surface area (Å²) < 4.78 is 5.54. The van der Waals surface area contributed by atoms with Gasteiger partial charge < -0.3 is 20.1 Å². The summed E-state index contributed by atoms with van der Waals surface area (Å²) in [7, 11) is 0. The van der Waals surface area contributed by atoms with E-state index in [1.807, 2.05) is 0 Å². The number of benzene rings is 2. The normalized spacial score (nSPS) is 21.8. The van der Waals surface area contributed by atoms with Gasteiger partial charge in [-0.25, -0.2) is 0 Å². The third-order valence-corrected chi connectivity index (χ3v) is 6.29. The Kier molecular flexibility index (Phi) is 7.41. The molecule has 3 N–H and O–H groups in total. The van der Waals surface area contributed by atoms with Crippen molar-refractivity contribution >= 4 is 10.9 Å². The second-order valence-corrected chi connectivity index (χ2v) is 8.83. The molecule has 2 aliphatic rings. The van der Waals surface area contributed by atoms with Crippen molar-refractivity contribution in [1.82, 2.24) is 15.2 Å². The van der Waals surface area contributed by atoms with Gasteiger partial charge in [0.15, 0.2) is 0 Å². The molecule has 0 amide bonds. The summed E-state index contributed by atoms with van der Waals surface area (Å²) in [5.41, 5.74) is 6.34. The lowest BCUT2D eigenvalue weighted by Gasteiger charge is -2.33. The second-order valence-electron chi connectivity index (χ2n) is 8.83. The summed E-state index contributed by atoms with van der Waals surface area (Å²) in [6.07, 6.45) is 2.38. The molecule has 2 aliphatic heterocycles. The van der Waals surface area contributed by atoms with Crippen molar-refractivity contribution < 1.29 is 9.84 Å². The number of nitrogens with zero attached hydrogens (tertiary/aromatic N) is 1. The van der Waals surface area contributed by atoms with Gasteiger partial charge in [-0.3, -0.25) is 4.90 Å². The monoisotopic (exact) mass is 421 g/mol. The summed E-state index contributed by atoms with van der Waals surface area (Å²) in [4.78, 5) is 5.89. The molecular weight excluding hydrogens is 386 g/mol. The number of hydrogen-bond donors (Lipinski definition) is 3. The van der Waals surface area contributed by atoms with Crippen LogP contribution in [0.5, 0.6) is 0 Å². The zero-order valence-electron chi connectivity index (χ0n) is 18.7. The van der Waals surface area contributed by atoms with Gasteiger partial charge in [-0.05, 0) is 74.2 Å². The predicted molar refractivity (Wildman–Crippen MR) is 127 cm³/mol. The Balaban J connectivity index is 0.000000282. The SMILES string of the molecule is Cc1cc2cc(-c3cccc(CN4CCOCC4C)c3)ccc2[nH]1.OCC1CCCN1. The number of nitrogens with one attached hydrogen (secondary N) is 2. The first-order chi connectivity index (χ1) is 15.1. The second kappa shape index (κ2) is 10.4. The number of rotatable bonds is 4.